The fraction of sp³-hybridized carbons (Fsp3) is 0.848. The smallest absolute Gasteiger partial charge is 0.328 e. The third-order valence-corrected chi connectivity index (χ3v) is 10.5. The fourth-order valence-corrected chi connectivity index (χ4v) is 7.30. The van der Waals surface area contributed by atoms with Gasteiger partial charge in [0.1, 0.15) is 54.7 Å². The van der Waals surface area contributed by atoms with Crippen molar-refractivity contribution >= 4 is 29.6 Å². The Balaban J connectivity index is 1.27. The molecule has 0 aromatic carbocycles. The van der Waals surface area contributed by atoms with Gasteiger partial charge in [0, 0.05) is 20.4 Å². The van der Waals surface area contributed by atoms with Crippen LogP contribution in [-0.4, -0.2) is 200 Å². The Morgan fingerprint density at radius 3 is 1.64 bits per heavy atom. The van der Waals surface area contributed by atoms with Crippen LogP contribution in [0.1, 0.15) is 58.8 Å². The average molecular weight is 881 g/mol. The van der Waals surface area contributed by atoms with Crippen molar-refractivity contribution < 1.29 is 88.4 Å². The number of ether oxygens (including phenoxy) is 3. The van der Waals surface area contributed by atoms with E-state index < -0.39 is 122 Å². The highest BCUT2D eigenvalue weighted by molar-refractivity contribution is 5.87. The van der Waals surface area contributed by atoms with Gasteiger partial charge in [0.2, 0.25) is 34.2 Å². The minimum absolute atomic E-state index is 0.0232. The zero-order valence-electron chi connectivity index (χ0n) is 33.8. The molecule has 0 bridgehead atoms. The highest BCUT2D eigenvalue weighted by Gasteiger charge is 2.49. The number of aliphatic hydroxyl groups excluding tert-OH is 6. The quantitative estimate of drug-likeness (QED) is 0.0190. The second-order valence-electron chi connectivity index (χ2n) is 14.8. The van der Waals surface area contributed by atoms with E-state index in [1.807, 2.05) is 0 Å². The van der Waals surface area contributed by atoms with Gasteiger partial charge in [-0.15, -0.1) is 10.0 Å². The van der Waals surface area contributed by atoms with Gasteiger partial charge in [-0.05, 0) is 44.9 Å². The second kappa shape index (κ2) is 22.8. The molecule has 4 amide bonds. The predicted molar refractivity (Wildman–Crippen MR) is 195 cm³/mol. The Kier molecular flexibility index (Phi) is 18.2. The number of rotatable bonds is 19. The van der Waals surface area contributed by atoms with Crippen LogP contribution in [0.25, 0.3) is 0 Å². The molecule has 4 aliphatic rings. The third kappa shape index (κ3) is 12.6. The Bertz CT molecular complexity index is 1580. The maximum atomic E-state index is 13.4. The van der Waals surface area contributed by atoms with E-state index in [2.05, 4.69) is 31.8 Å². The van der Waals surface area contributed by atoms with Crippen LogP contribution >= 0.6 is 0 Å². The van der Waals surface area contributed by atoms with Gasteiger partial charge in [0.25, 0.3) is 12.6 Å². The monoisotopic (exact) mass is 880 g/mol. The van der Waals surface area contributed by atoms with Crippen molar-refractivity contribution in [3.05, 3.63) is 10.4 Å². The summed E-state index contributed by atoms with van der Waals surface area (Å²) >= 11 is 0. The summed E-state index contributed by atoms with van der Waals surface area (Å²) in [6, 6.07) is -5.94. The summed E-state index contributed by atoms with van der Waals surface area (Å²) in [6.45, 7) is 1.10. The normalized spacial score (nSPS) is 32.4. The van der Waals surface area contributed by atoms with Crippen LogP contribution in [0.4, 0.5) is 0 Å². The van der Waals surface area contributed by atoms with Gasteiger partial charge in [0.15, 0.2) is 12.1 Å². The Hall–Kier alpha value is -4.97. The maximum Gasteiger partial charge on any atom is 0.328 e. The molecular weight excluding hydrogens is 824 g/mol. The zero-order chi connectivity index (χ0) is 45.0. The average Bonchev–Trinajstić information content (AvgIpc) is 3.94. The van der Waals surface area contributed by atoms with Gasteiger partial charge >= 0.3 is 5.97 Å². The minimum Gasteiger partial charge on any atom is -0.569 e. The number of aliphatic hydroxyl groups is 6. The lowest BCUT2D eigenvalue weighted by atomic mass is 9.97. The lowest BCUT2D eigenvalue weighted by Crippen LogP contribution is -2.64. The van der Waals surface area contributed by atoms with Crippen LogP contribution in [0.15, 0.2) is 10.6 Å². The summed E-state index contributed by atoms with van der Waals surface area (Å²) in [5, 5.41) is 105. The molecule has 0 radical (unpaired) electrons. The fourth-order valence-electron chi connectivity index (χ4n) is 7.30. The lowest BCUT2D eigenvalue weighted by Gasteiger charge is -2.40. The predicted octanol–water partition coefficient (Wildman–Crippen LogP) is -5.63. The molecule has 4 saturated heterocycles. The molecule has 4 heterocycles. The molecule has 0 spiro atoms. The summed E-state index contributed by atoms with van der Waals surface area (Å²) in [5.41, 5.74) is 0. The van der Waals surface area contributed by atoms with E-state index in [1.54, 1.807) is 0 Å². The first-order valence-corrected chi connectivity index (χ1v) is 19.7. The Labute approximate surface area is 348 Å². The SMILES string of the molecule is COC(=O)[C@H](CCCCNC(=O)C1CCCN1/[N+]([O-])=N/O[C@@H]1O[C@H](CO)[C@@H](O)[C@H](O)[C@H]1NC(C)=O)NC(=O)C1CCCN1/[N+]([O-])=N\O[C@@H]1O[C@H](CO)[C@@H](O)[C@H](O)[C@H]1NC(C)=O. The highest BCUT2D eigenvalue weighted by Crippen LogP contribution is 2.25. The molecule has 4 aliphatic heterocycles. The van der Waals surface area contributed by atoms with Crippen molar-refractivity contribution in [1.29, 1.82) is 0 Å². The van der Waals surface area contributed by atoms with Gasteiger partial charge in [-0.3, -0.25) is 19.2 Å². The van der Waals surface area contributed by atoms with E-state index in [1.165, 1.54) is 0 Å². The van der Waals surface area contributed by atoms with Crippen LogP contribution in [0.3, 0.4) is 0 Å². The maximum absolute atomic E-state index is 13.4. The number of unbranched alkanes of at least 4 members (excludes halogenated alkanes) is 1. The summed E-state index contributed by atoms with van der Waals surface area (Å²) in [5.74, 6) is -3.24. The molecule has 4 rings (SSSR count). The van der Waals surface area contributed by atoms with Crippen molar-refractivity contribution in [2.24, 2.45) is 10.6 Å². The van der Waals surface area contributed by atoms with Crippen LogP contribution in [-0.2, 0) is 47.9 Å². The molecule has 61 heavy (non-hydrogen) atoms. The zero-order valence-corrected chi connectivity index (χ0v) is 33.8. The summed E-state index contributed by atoms with van der Waals surface area (Å²) in [7, 11) is 1.13. The molecule has 2 unspecified atom stereocenters. The number of methoxy groups -OCH3 is 1. The number of hydrogen-bond donors (Lipinski definition) is 10. The van der Waals surface area contributed by atoms with Gasteiger partial charge < -0.3 is 86.2 Å². The largest absolute Gasteiger partial charge is 0.569 e. The molecule has 0 aromatic rings. The van der Waals surface area contributed by atoms with E-state index in [-0.39, 0.29) is 48.8 Å². The molecule has 10 N–H and O–H groups in total. The number of carbonyl (C=O) groups excluding carboxylic acids is 5. The van der Waals surface area contributed by atoms with E-state index in [4.69, 9.17) is 23.9 Å². The molecule has 28 nitrogen and oxygen atoms in total. The van der Waals surface area contributed by atoms with Gasteiger partial charge in [-0.1, -0.05) is 0 Å². The molecule has 28 heteroatoms. The molecule has 13 atom stereocenters. The van der Waals surface area contributed by atoms with E-state index in [0.29, 0.717) is 25.7 Å². The minimum atomic E-state index is -1.66. The van der Waals surface area contributed by atoms with Crippen LogP contribution in [0.2, 0.25) is 0 Å². The molecule has 4 fully saturated rings. The van der Waals surface area contributed by atoms with E-state index in [0.717, 1.165) is 31.0 Å². The first kappa shape index (κ1) is 48.7. The lowest BCUT2D eigenvalue weighted by molar-refractivity contribution is -0.714. The molecule has 0 aromatic heterocycles. The van der Waals surface area contributed by atoms with E-state index in [9.17, 15) is 65.0 Å². The number of amides is 4. The molecule has 0 saturated carbocycles. The van der Waals surface area contributed by atoms with Crippen LogP contribution < -0.4 is 21.3 Å². The first-order chi connectivity index (χ1) is 29.0. The standard InChI is InChI=1S/C33H56N10O18/c1-16(46)35-23-27(50)25(48)21(14-44)58-32(23)60-38-42(55)40-12-6-9-19(40)29(52)34-11-5-4-8-18(31(54)57-3)37-30(53)20-10-7-13-41(20)43(56)39-61-33-24(36-17(2)47)28(51)26(49)22(15-45)59-33/h18-28,32-33,44-45,48-51H,4-15H2,1-3H3,(H,34,52)(H,35,46)(H,36,47)(H,37,53)/b42-38-,43-39+/t18-,19?,20?,21+,22+,23+,24+,25+,26+,27+,28+,32-,33-/m0/s1. The molecule has 346 valence electrons. The summed E-state index contributed by atoms with van der Waals surface area (Å²) < 4.78 is 15.6. The Morgan fingerprint density at radius 2 is 1.21 bits per heavy atom. The van der Waals surface area contributed by atoms with Crippen molar-refractivity contribution in [3.8, 4) is 0 Å². The number of nitrogens with one attached hydrogen (secondary N) is 4. The number of nitrogens with zero attached hydrogens (tertiary/aromatic N) is 6. The topological polar surface area (TPSA) is 384 Å². The number of carbonyl (C=O) groups is 5. The van der Waals surface area contributed by atoms with Crippen LogP contribution in [0, 0.1) is 10.4 Å². The summed E-state index contributed by atoms with van der Waals surface area (Å²) in [4.78, 5) is 72.8. The van der Waals surface area contributed by atoms with Crippen molar-refractivity contribution in [2.45, 2.75) is 138 Å². The third-order valence-electron chi connectivity index (χ3n) is 10.5. The number of hydrazine groups is 2. The van der Waals surface area contributed by atoms with Gasteiger partial charge in [-0.2, -0.15) is 0 Å². The van der Waals surface area contributed by atoms with Gasteiger partial charge in [-0.25, -0.2) is 4.79 Å². The first-order valence-electron chi connectivity index (χ1n) is 19.7. The van der Waals surface area contributed by atoms with Crippen LogP contribution in [0.5, 0.6) is 0 Å². The number of esters is 1. The van der Waals surface area contributed by atoms with E-state index >= 15 is 0 Å². The summed E-state index contributed by atoms with van der Waals surface area (Å²) in [6.07, 6.45) is -10.3. The molecule has 0 aliphatic carbocycles. The highest BCUT2D eigenvalue weighted by atomic mass is 16.8. The van der Waals surface area contributed by atoms with Gasteiger partial charge in [0.05, 0.1) is 43.4 Å². The Morgan fingerprint density at radius 1 is 0.754 bits per heavy atom. The van der Waals surface area contributed by atoms with Crippen molar-refractivity contribution in [3.63, 3.8) is 0 Å². The molecular formula is C33H56N10O18. The number of hydrogen-bond acceptors (Lipinski definition) is 20. The second-order valence-corrected chi connectivity index (χ2v) is 14.8. The van der Waals surface area contributed by atoms with Crippen molar-refractivity contribution in [1.82, 2.24) is 31.3 Å². The van der Waals surface area contributed by atoms with Crippen molar-refractivity contribution in [2.75, 3.05) is 40.0 Å².